The maximum Gasteiger partial charge on any atom is 0.146 e. The molecule has 0 saturated carbocycles. The maximum atomic E-state index is 13.7. The highest BCUT2D eigenvalue weighted by atomic mass is 19.1. The van der Waals surface area contributed by atoms with E-state index in [1.54, 1.807) is 31.2 Å². The minimum absolute atomic E-state index is 0.176. The number of nitrogens with zero attached hydrogens (tertiary/aromatic N) is 1. The number of nitriles is 1. The van der Waals surface area contributed by atoms with Crippen LogP contribution in [0.5, 0.6) is 0 Å². The molecule has 0 fully saturated rings. The van der Waals surface area contributed by atoms with Crippen molar-refractivity contribution in [1.82, 2.24) is 0 Å². The van der Waals surface area contributed by atoms with Gasteiger partial charge in [0.1, 0.15) is 17.7 Å². The van der Waals surface area contributed by atoms with E-state index in [0.29, 0.717) is 0 Å². The summed E-state index contributed by atoms with van der Waals surface area (Å²) in [6.45, 7) is 1.81. The lowest BCUT2D eigenvalue weighted by molar-refractivity contribution is 0.603. The summed E-state index contributed by atoms with van der Waals surface area (Å²) in [6.07, 6.45) is 0. The zero-order chi connectivity index (χ0) is 13.8. The van der Waals surface area contributed by atoms with Gasteiger partial charge in [-0.15, -0.1) is 0 Å². The zero-order valence-electron chi connectivity index (χ0n) is 10.3. The number of nitrogens with one attached hydrogen (secondary N) is 1. The van der Waals surface area contributed by atoms with Crippen LogP contribution < -0.4 is 5.32 Å². The number of hydrogen-bond donors (Lipinski definition) is 1. The summed E-state index contributed by atoms with van der Waals surface area (Å²) in [5.74, 6) is -0.961. The van der Waals surface area contributed by atoms with Crippen molar-refractivity contribution in [3.8, 4) is 6.07 Å². The molecule has 1 unspecified atom stereocenters. The fourth-order valence-electron chi connectivity index (χ4n) is 1.80. The summed E-state index contributed by atoms with van der Waals surface area (Å²) in [4.78, 5) is 0. The number of benzene rings is 2. The Morgan fingerprint density at radius 1 is 1.11 bits per heavy atom. The molecule has 2 rings (SSSR count). The van der Waals surface area contributed by atoms with Crippen molar-refractivity contribution >= 4 is 5.69 Å². The predicted octanol–water partition coefficient (Wildman–Crippen LogP) is 3.95. The molecule has 0 amide bonds. The number of halogens is 2. The van der Waals surface area contributed by atoms with Crippen LogP contribution in [0.25, 0.3) is 0 Å². The van der Waals surface area contributed by atoms with Crippen molar-refractivity contribution in [2.75, 3.05) is 5.32 Å². The Balaban J connectivity index is 2.34. The molecule has 0 spiro atoms. The van der Waals surface area contributed by atoms with Gasteiger partial charge in [0.25, 0.3) is 0 Å². The highest BCUT2D eigenvalue weighted by Gasteiger charge is 2.16. The molecular formula is C15H12F2N2. The predicted molar refractivity (Wildman–Crippen MR) is 69.5 cm³/mol. The van der Waals surface area contributed by atoms with Crippen molar-refractivity contribution in [1.29, 1.82) is 5.26 Å². The van der Waals surface area contributed by atoms with Gasteiger partial charge in [0.15, 0.2) is 0 Å². The van der Waals surface area contributed by atoms with Crippen LogP contribution in [-0.4, -0.2) is 0 Å². The second kappa shape index (κ2) is 5.49. The first-order valence-corrected chi connectivity index (χ1v) is 5.78. The van der Waals surface area contributed by atoms with Crippen molar-refractivity contribution in [2.24, 2.45) is 0 Å². The first kappa shape index (κ1) is 13.0. The highest BCUT2D eigenvalue weighted by molar-refractivity contribution is 5.49. The van der Waals surface area contributed by atoms with E-state index in [9.17, 15) is 8.78 Å². The molecule has 19 heavy (non-hydrogen) atoms. The Labute approximate surface area is 110 Å². The summed E-state index contributed by atoms with van der Waals surface area (Å²) in [6, 6.07) is 11.5. The van der Waals surface area contributed by atoms with E-state index in [-0.39, 0.29) is 11.3 Å². The summed E-state index contributed by atoms with van der Waals surface area (Å²) < 4.78 is 27.2. The van der Waals surface area contributed by atoms with E-state index in [1.807, 2.05) is 6.07 Å². The monoisotopic (exact) mass is 258 g/mol. The van der Waals surface area contributed by atoms with Crippen LogP contribution in [0, 0.1) is 29.9 Å². The molecule has 96 valence electrons. The van der Waals surface area contributed by atoms with Crippen molar-refractivity contribution in [3.05, 3.63) is 65.2 Å². The first-order chi connectivity index (χ1) is 9.11. The fourth-order valence-corrected chi connectivity index (χ4v) is 1.80. The van der Waals surface area contributed by atoms with Crippen LogP contribution in [0.3, 0.4) is 0 Å². The molecule has 0 bridgehead atoms. The molecule has 1 atom stereocenters. The first-order valence-electron chi connectivity index (χ1n) is 5.78. The van der Waals surface area contributed by atoms with Gasteiger partial charge in [0, 0.05) is 5.56 Å². The third kappa shape index (κ3) is 2.89. The number of rotatable bonds is 3. The van der Waals surface area contributed by atoms with Gasteiger partial charge in [-0.1, -0.05) is 29.8 Å². The SMILES string of the molecule is Cc1ccc(F)c(C(C#N)Nc2ccccc2F)c1. The van der Waals surface area contributed by atoms with Gasteiger partial charge in [-0.2, -0.15) is 5.26 Å². The van der Waals surface area contributed by atoms with E-state index in [4.69, 9.17) is 5.26 Å². The highest BCUT2D eigenvalue weighted by Crippen LogP contribution is 2.24. The molecule has 0 aliphatic rings. The minimum atomic E-state index is -0.934. The molecule has 2 nitrogen and oxygen atoms in total. The Morgan fingerprint density at radius 3 is 2.53 bits per heavy atom. The summed E-state index contributed by atoms with van der Waals surface area (Å²) in [5, 5.41) is 11.9. The normalized spacial score (nSPS) is 11.7. The quantitative estimate of drug-likeness (QED) is 0.904. The molecule has 0 heterocycles. The fraction of sp³-hybridized carbons (Fsp3) is 0.133. The van der Waals surface area contributed by atoms with Crippen LogP contribution in [-0.2, 0) is 0 Å². The van der Waals surface area contributed by atoms with Crippen molar-refractivity contribution in [3.63, 3.8) is 0 Å². The molecule has 1 N–H and O–H groups in total. The third-order valence-electron chi connectivity index (χ3n) is 2.77. The van der Waals surface area contributed by atoms with Crippen LogP contribution in [0.2, 0.25) is 0 Å². The average Bonchev–Trinajstić information content (AvgIpc) is 2.41. The topological polar surface area (TPSA) is 35.8 Å². The molecule has 0 radical (unpaired) electrons. The Kier molecular flexibility index (Phi) is 3.76. The molecule has 0 aliphatic heterocycles. The molecule has 4 heteroatoms. The van der Waals surface area contributed by atoms with Gasteiger partial charge in [-0.05, 0) is 25.1 Å². The number of aryl methyl sites for hydroxylation is 1. The standard InChI is InChI=1S/C15H12F2N2/c1-10-6-7-12(16)11(8-10)15(9-18)19-14-5-3-2-4-13(14)17/h2-8,15,19H,1H3. The number of para-hydroxylation sites is 1. The van der Waals surface area contributed by atoms with Crippen molar-refractivity contribution in [2.45, 2.75) is 13.0 Å². The molecule has 2 aromatic rings. The third-order valence-corrected chi connectivity index (χ3v) is 2.77. The largest absolute Gasteiger partial charge is 0.364 e. The van der Waals surface area contributed by atoms with E-state index in [2.05, 4.69) is 5.32 Å². The molecular weight excluding hydrogens is 246 g/mol. The Bertz CT molecular complexity index is 632. The minimum Gasteiger partial charge on any atom is -0.364 e. The summed E-state index contributed by atoms with van der Waals surface area (Å²) >= 11 is 0. The summed E-state index contributed by atoms with van der Waals surface area (Å²) in [7, 11) is 0. The smallest absolute Gasteiger partial charge is 0.146 e. The summed E-state index contributed by atoms with van der Waals surface area (Å²) in [5.41, 5.74) is 1.23. The van der Waals surface area contributed by atoms with Crippen LogP contribution in [0.1, 0.15) is 17.2 Å². The van der Waals surface area contributed by atoms with Gasteiger partial charge >= 0.3 is 0 Å². The van der Waals surface area contributed by atoms with Gasteiger partial charge in [0.05, 0.1) is 11.8 Å². The molecule has 2 aromatic carbocycles. The van der Waals surface area contributed by atoms with Crippen LogP contribution in [0.4, 0.5) is 14.5 Å². The van der Waals surface area contributed by atoms with E-state index >= 15 is 0 Å². The lowest BCUT2D eigenvalue weighted by Gasteiger charge is -2.15. The Hall–Kier alpha value is -2.41. The average molecular weight is 258 g/mol. The lowest BCUT2D eigenvalue weighted by Crippen LogP contribution is -2.11. The molecule has 0 saturated heterocycles. The molecule has 0 aromatic heterocycles. The Morgan fingerprint density at radius 2 is 1.84 bits per heavy atom. The van der Waals surface area contributed by atoms with Gasteiger partial charge in [-0.25, -0.2) is 8.78 Å². The zero-order valence-corrected chi connectivity index (χ0v) is 10.3. The van der Waals surface area contributed by atoms with Crippen molar-refractivity contribution < 1.29 is 8.78 Å². The van der Waals surface area contributed by atoms with Crippen LogP contribution >= 0.6 is 0 Å². The van der Waals surface area contributed by atoms with Gasteiger partial charge in [0.2, 0.25) is 0 Å². The second-order valence-corrected chi connectivity index (χ2v) is 4.21. The second-order valence-electron chi connectivity index (χ2n) is 4.21. The van der Waals surface area contributed by atoms with E-state index in [1.165, 1.54) is 18.2 Å². The number of anilines is 1. The van der Waals surface area contributed by atoms with E-state index < -0.39 is 17.7 Å². The van der Waals surface area contributed by atoms with E-state index in [0.717, 1.165) is 5.56 Å². The van der Waals surface area contributed by atoms with Gasteiger partial charge in [-0.3, -0.25) is 0 Å². The maximum absolute atomic E-state index is 13.7. The number of hydrogen-bond acceptors (Lipinski definition) is 2. The van der Waals surface area contributed by atoms with Gasteiger partial charge < -0.3 is 5.32 Å². The van der Waals surface area contributed by atoms with Crippen LogP contribution in [0.15, 0.2) is 42.5 Å². The molecule has 0 aliphatic carbocycles. The lowest BCUT2D eigenvalue weighted by atomic mass is 10.0.